The van der Waals surface area contributed by atoms with Crippen molar-refractivity contribution in [3.63, 3.8) is 0 Å². The maximum absolute atomic E-state index is 5.32. The highest BCUT2D eigenvalue weighted by Gasteiger charge is 2.32. The van der Waals surface area contributed by atoms with Crippen molar-refractivity contribution in [1.29, 1.82) is 0 Å². The number of benzene rings is 7. The summed E-state index contributed by atoms with van der Waals surface area (Å²) in [5.41, 5.74) is 10.2. The smallest absolute Gasteiger partial charge is 0.358 e. The minimum absolute atomic E-state index is 0.0982. The molecule has 272 valence electrons. The van der Waals surface area contributed by atoms with E-state index >= 15 is 0 Å². The molecule has 1 atom stereocenters. The van der Waals surface area contributed by atoms with Gasteiger partial charge in [0, 0.05) is 28.3 Å². The van der Waals surface area contributed by atoms with Crippen molar-refractivity contribution < 1.29 is 0 Å². The van der Waals surface area contributed by atoms with Gasteiger partial charge in [0.2, 0.25) is 0 Å². The molecular formula is C51H33N6S+. The van der Waals surface area contributed by atoms with Crippen LogP contribution in [0.2, 0.25) is 0 Å². The lowest BCUT2D eigenvalue weighted by Crippen LogP contribution is -2.33. The molecule has 1 unspecified atom stereocenters. The van der Waals surface area contributed by atoms with E-state index in [4.69, 9.17) is 24.6 Å². The van der Waals surface area contributed by atoms with Gasteiger partial charge in [-0.1, -0.05) is 180 Å². The lowest BCUT2D eigenvalue weighted by molar-refractivity contribution is 0.766. The van der Waals surface area contributed by atoms with Gasteiger partial charge in [-0.3, -0.25) is 0 Å². The Kier molecular flexibility index (Phi) is 8.25. The predicted octanol–water partition coefficient (Wildman–Crippen LogP) is 9.50. The molecule has 0 saturated carbocycles. The van der Waals surface area contributed by atoms with Gasteiger partial charge in [0.05, 0.1) is 22.2 Å². The zero-order valence-corrected chi connectivity index (χ0v) is 31.9. The average molecular weight is 762 g/mol. The molecule has 0 aliphatic carbocycles. The average Bonchev–Trinajstić information content (AvgIpc) is 3.88. The second-order valence-electron chi connectivity index (χ2n) is 14.4. The first-order chi connectivity index (χ1) is 28.7. The number of fused-ring (bicyclic) bond motifs is 4. The first-order valence-electron chi connectivity index (χ1n) is 19.3. The zero-order valence-electron chi connectivity index (χ0n) is 31.1. The largest absolute Gasteiger partial charge is 0.393 e. The zero-order chi connectivity index (χ0) is 38.4. The maximum atomic E-state index is 5.32. The van der Waals surface area contributed by atoms with Crippen molar-refractivity contribution in [2.24, 2.45) is 4.99 Å². The summed E-state index contributed by atoms with van der Waals surface area (Å²) >= 11 is 1.72. The summed E-state index contributed by atoms with van der Waals surface area (Å²) in [5, 5.41) is 7.32. The van der Waals surface area contributed by atoms with Gasteiger partial charge in [-0.15, -0.1) is 0 Å². The van der Waals surface area contributed by atoms with Crippen molar-refractivity contribution in [3.8, 4) is 45.3 Å². The van der Waals surface area contributed by atoms with Crippen molar-refractivity contribution >= 4 is 45.4 Å². The van der Waals surface area contributed by atoms with E-state index in [2.05, 4.69) is 151 Å². The molecule has 2 aliphatic heterocycles. The molecule has 4 heterocycles. The van der Waals surface area contributed by atoms with E-state index in [-0.39, 0.29) is 6.04 Å². The normalized spacial score (nSPS) is 14.0. The van der Waals surface area contributed by atoms with Crippen molar-refractivity contribution in [2.75, 3.05) is 0 Å². The standard InChI is InChI=1S/C51H33N6S/c1-4-12-32(13-5-1)34-20-23-38(24-21-34)49-55-48(36-17-8-3-9-18-36)56-50(57-49)39-27-25-37(26-28-39)47-53-44(41-29-22-33-14-10-11-19-40(33)30-41)46-45(54-47)42-31-43(52-51(42)58-46)35-15-6-2-7-16-35/h1-31,44H,(H,53,54)/q+1. The van der Waals surface area contributed by atoms with Gasteiger partial charge >= 0.3 is 10.4 Å². The van der Waals surface area contributed by atoms with Crippen LogP contribution in [0.1, 0.15) is 27.6 Å². The van der Waals surface area contributed by atoms with Crippen LogP contribution in [-0.2, 0) is 0 Å². The summed E-state index contributed by atoms with van der Waals surface area (Å²) < 4.78 is 6.08. The minimum atomic E-state index is -0.0982. The number of nitrogens with one attached hydrogen (secondary N) is 1. The Morgan fingerprint density at radius 1 is 0.466 bits per heavy atom. The van der Waals surface area contributed by atoms with Gasteiger partial charge in [-0.05, 0) is 45.7 Å². The summed E-state index contributed by atoms with van der Waals surface area (Å²) in [5.74, 6) is 2.66. The Balaban J connectivity index is 0.983. The summed E-state index contributed by atoms with van der Waals surface area (Å²) in [6.07, 6.45) is 2.19. The van der Waals surface area contributed by atoms with Crippen LogP contribution in [-0.4, -0.2) is 26.5 Å². The first-order valence-corrected chi connectivity index (χ1v) is 20.1. The monoisotopic (exact) mass is 761 g/mol. The molecule has 6 nitrogen and oxygen atoms in total. The second-order valence-corrected chi connectivity index (χ2v) is 15.4. The molecule has 0 saturated heterocycles. The molecule has 11 rings (SSSR count). The van der Waals surface area contributed by atoms with E-state index < -0.39 is 0 Å². The SMILES string of the molecule is C1=c2c3c(sc2=[N+]=C1c1ccccc1)C(c1ccc2ccccc2c1)NC(c1ccc(-c2nc(-c4ccccc4)nc(-c4ccc(-c5ccccc5)cc4)n2)cc1)=N3. The lowest BCUT2D eigenvalue weighted by atomic mass is 9.98. The summed E-state index contributed by atoms with van der Waals surface area (Å²) in [7, 11) is 0. The number of thiophene rings is 1. The highest BCUT2D eigenvalue weighted by molar-refractivity contribution is 7.10. The molecule has 58 heavy (non-hydrogen) atoms. The molecule has 7 aromatic carbocycles. The van der Waals surface area contributed by atoms with Gasteiger partial charge in [-0.2, -0.15) is 0 Å². The van der Waals surface area contributed by atoms with Crippen LogP contribution in [0.5, 0.6) is 0 Å². The maximum Gasteiger partial charge on any atom is 0.393 e. The Hall–Kier alpha value is -7.57. The fourth-order valence-electron chi connectivity index (χ4n) is 7.69. The van der Waals surface area contributed by atoms with Crippen LogP contribution in [0.25, 0.3) is 62.1 Å². The molecule has 2 aromatic heterocycles. The topological polar surface area (TPSA) is 77.2 Å². The minimum Gasteiger partial charge on any atom is -0.358 e. The highest BCUT2D eigenvalue weighted by Crippen LogP contribution is 2.36. The molecule has 7 heteroatoms. The highest BCUT2D eigenvalue weighted by atomic mass is 32.1. The third kappa shape index (κ3) is 6.21. The van der Waals surface area contributed by atoms with E-state index in [1.54, 1.807) is 11.3 Å². The van der Waals surface area contributed by atoms with Crippen LogP contribution in [0, 0.1) is 0 Å². The van der Waals surface area contributed by atoms with Gasteiger partial charge in [0.1, 0.15) is 11.1 Å². The van der Waals surface area contributed by atoms with Crippen LogP contribution in [0.3, 0.4) is 0 Å². The molecule has 9 aromatic rings. The molecular weight excluding hydrogens is 729 g/mol. The Morgan fingerprint density at radius 3 is 1.60 bits per heavy atom. The van der Waals surface area contributed by atoms with Crippen LogP contribution in [0.15, 0.2) is 187 Å². The third-order valence-corrected chi connectivity index (χ3v) is 11.9. The number of hydrogen-bond donors (Lipinski definition) is 1. The van der Waals surface area contributed by atoms with E-state index in [0.717, 1.165) is 65.4 Å². The van der Waals surface area contributed by atoms with E-state index in [9.17, 15) is 0 Å². The number of aromatic nitrogens is 3. The first kappa shape index (κ1) is 33.7. The molecule has 0 fully saturated rings. The number of rotatable bonds is 7. The fourth-order valence-corrected chi connectivity index (χ4v) is 8.87. The van der Waals surface area contributed by atoms with Crippen LogP contribution < -0.4 is 19.9 Å². The molecule has 0 bridgehead atoms. The van der Waals surface area contributed by atoms with Crippen LogP contribution in [0.4, 0.5) is 5.69 Å². The number of aliphatic imine (C=N–C) groups is 1. The third-order valence-electron chi connectivity index (χ3n) is 10.7. The van der Waals surface area contributed by atoms with Crippen molar-refractivity contribution in [3.05, 3.63) is 213 Å². The Morgan fingerprint density at radius 2 is 0.966 bits per heavy atom. The van der Waals surface area contributed by atoms with Crippen molar-refractivity contribution in [2.45, 2.75) is 6.04 Å². The Bertz CT molecular complexity index is 3210. The second kappa shape index (κ2) is 14.2. The van der Waals surface area contributed by atoms with Gasteiger partial charge < -0.3 is 5.32 Å². The predicted molar refractivity (Wildman–Crippen MR) is 237 cm³/mol. The van der Waals surface area contributed by atoms with E-state index in [0.29, 0.717) is 17.5 Å². The lowest BCUT2D eigenvalue weighted by Gasteiger charge is -2.25. The van der Waals surface area contributed by atoms with Crippen molar-refractivity contribution in [1.82, 2.24) is 24.9 Å². The van der Waals surface area contributed by atoms with Gasteiger partial charge in [0.25, 0.3) is 0 Å². The quantitative estimate of drug-likeness (QED) is 0.164. The van der Waals surface area contributed by atoms with Crippen LogP contribution >= 0.6 is 11.3 Å². The molecule has 1 N–H and O–H groups in total. The summed E-state index contributed by atoms with van der Waals surface area (Å²) in [6, 6.07) is 62.7. The fraction of sp³-hybridized carbons (Fsp3) is 0.0196. The van der Waals surface area contributed by atoms with Gasteiger partial charge in [0.15, 0.2) is 17.5 Å². The summed E-state index contributed by atoms with van der Waals surface area (Å²) in [4.78, 5) is 21.5. The van der Waals surface area contributed by atoms with E-state index in [1.807, 2.05) is 42.5 Å². The Labute approximate surface area is 338 Å². The molecule has 0 amide bonds. The number of amidine groups is 1. The molecule has 0 radical (unpaired) electrons. The van der Waals surface area contributed by atoms with E-state index in [1.165, 1.54) is 21.9 Å². The molecule has 2 aliphatic rings. The molecule has 0 spiro atoms. The number of hydrogen-bond acceptors (Lipinski definition) is 6. The van der Waals surface area contributed by atoms with Gasteiger partial charge in [-0.25, -0.2) is 19.9 Å². The summed E-state index contributed by atoms with van der Waals surface area (Å²) in [6.45, 7) is 0. The number of nitrogens with zero attached hydrogens (tertiary/aromatic N) is 5.